The molecule has 0 spiro atoms. The zero-order valence-electron chi connectivity index (χ0n) is 5.46. The maximum Gasteiger partial charge on any atom is 0.194 e. The van der Waals surface area contributed by atoms with Crippen molar-refractivity contribution >= 4 is 0 Å². The Kier molecular flexibility index (Phi) is 1.72. The lowest BCUT2D eigenvalue weighted by molar-refractivity contribution is 0.319. The summed E-state index contributed by atoms with van der Waals surface area (Å²) in [6, 6.07) is 0. The number of hydrogen-bond acceptors (Lipinski definition) is 4. The van der Waals surface area contributed by atoms with E-state index in [0.29, 0.717) is 12.7 Å². The largest absolute Gasteiger partial charge is 0.373 e. The van der Waals surface area contributed by atoms with E-state index >= 15 is 0 Å². The Morgan fingerprint density at radius 3 is 1.78 bits per heavy atom. The normalized spacial score (nSPS) is 34.3. The quantitative estimate of drug-likeness (QED) is 0.327. The third kappa shape index (κ3) is 4.35. The molecule has 2 fully saturated rings. The van der Waals surface area contributed by atoms with Crippen LogP contribution in [0.5, 0.6) is 0 Å². The summed E-state index contributed by atoms with van der Waals surface area (Å²) in [5, 5.41) is 0. The second-order valence-electron chi connectivity index (χ2n) is 2.39. The van der Waals surface area contributed by atoms with Crippen molar-refractivity contribution in [2.45, 2.75) is 18.9 Å². The van der Waals surface area contributed by atoms with E-state index in [1.807, 2.05) is 0 Å². The van der Waals surface area contributed by atoms with Gasteiger partial charge in [-0.3, -0.25) is 11.5 Å². The third-order valence-corrected chi connectivity index (χ3v) is 0.978. The molecule has 0 amide bonds. The van der Waals surface area contributed by atoms with Crippen molar-refractivity contribution in [3.63, 3.8) is 0 Å². The van der Waals surface area contributed by atoms with Crippen molar-refractivity contribution in [1.29, 1.82) is 0 Å². The first kappa shape index (κ1) is 6.95. The average molecular weight is 132 g/mol. The molecule has 2 saturated heterocycles. The molecule has 1 unspecified atom stereocenters. The lowest BCUT2D eigenvalue weighted by Crippen LogP contribution is -2.34. The van der Waals surface area contributed by atoms with E-state index < -0.39 is 5.85 Å². The zero-order valence-corrected chi connectivity index (χ0v) is 5.46. The summed E-state index contributed by atoms with van der Waals surface area (Å²) in [5.41, 5.74) is 10.0. The number of hydrogen-bond donors (Lipinski definition) is 2. The Morgan fingerprint density at radius 1 is 1.56 bits per heavy atom. The van der Waals surface area contributed by atoms with Crippen molar-refractivity contribution in [3.05, 3.63) is 0 Å². The molecule has 0 bridgehead atoms. The average Bonchev–Trinajstić information content (AvgIpc) is 2.54. The SMILES string of the molecule is CC1CO1.NC1(N)CO1. The molecule has 0 aromatic rings. The van der Waals surface area contributed by atoms with Crippen LogP contribution in [0.15, 0.2) is 0 Å². The van der Waals surface area contributed by atoms with Crippen molar-refractivity contribution < 1.29 is 9.47 Å². The summed E-state index contributed by atoms with van der Waals surface area (Å²) in [6.45, 7) is 3.55. The van der Waals surface area contributed by atoms with Gasteiger partial charge in [-0.05, 0) is 6.92 Å². The zero-order chi connectivity index (χ0) is 6.91. The van der Waals surface area contributed by atoms with Crippen molar-refractivity contribution in [1.82, 2.24) is 0 Å². The second kappa shape index (κ2) is 2.22. The van der Waals surface area contributed by atoms with Crippen LogP contribution in [0, 0.1) is 0 Å². The monoisotopic (exact) mass is 132 g/mol. The molecular formula is C5H12N2O2. The van der Waals surface area contributed by atoms with E-state index in [4.69, 9.17) is 16.2 Å². The van der Waals surface area contributed by atoms with E-state index in [0.717, 1.165) is 6.61 Å². The minimum atomic E-state index is -0.750. The minimum Gasteiger partial charge on any atom is -0.373 e. The van der Waals surface area contributed by atoms with Crippen molar-refractivity contribution in [2.24, 2.45) is 11.5 Å². The number of epoxide rings is 2. The standard InChI is InChI=1S/C3H6O.C2H6N2O/c1-3-2-4-3;3-2(4)1-5-2/h3H,2H2,1H3;1,3-4H2. The highest BCUT2D eigenvalue weighted by atomic mass is 16.6. The molecule has 2 aliphatic heterocycles. The van der Waals surface area contributed by atoms with Crippen molar-refractivity contribution in [3.8, 4) is 0 Å². The van der Waals surface area contributed by atoms with Crippen LogP contribution in [0.4, 0.5) is 0 Å². The number of nitrogens with two attached hydrogens (primary N) is 2. The lowest BCUT2D eigenvalue weighted by Gasteiger charge is -1.84. The maximum absolute atomic E-state index is 5.02. The van der Waals surface area contributed by atoms with Gasteiger partial charge in [0.2, 0.25) is 0 Å². The van der Waals surface area contributed by atoms with Gasteiger partial charge in [-0.2, -0.15) is 0 Å². The summed E-state index contributed by atoms with van der Waals surface area (Å²) >= 11 is 0. The molecule has 9 heavy (non-hydrogen) atoms. The molecule has 4 nitrogen and oxygen atoms in total. The smallest absolute Gasteiger partial charge is 0.194 e. The molecular weight excluding hydrogens is 120 g/mol. The Bertz CT molecular complexity index is 95.1. The van der Waals surface area contributed by atoms with E-state index in [1.165, 1.54) is 0 Å². The fourth-order valence-corrected chi connectivity index (χ4v) is 0.180. The predicted octanol–water partition coefficient (Wildman–Crippen LogP) is -1.01. The minimum absolute atomic E-state index is 0.507. The summed E-state index contributed by atoms with van der Waals surface area (Å²) < 4.78 is 9.16. The van der Waals surface area contributed by atoms with Gasteiger partial charge in [0.1, 0.15) is 6.61 Å². The van der Waals surface area contributed by atoms with Gasteiger partial charge >= 0.3 is 0 Å². The van der Waals surface area contributed by atoms with Crippen LogP contribution in [0.3, 0.4) is 0 Å². The molecule has 0 radical (unpaired) electrons. The van der Waals surface area contributed by atoms with Gasteiger partial charge in [0, 0.05) is 0 Å². The van der Waals surface area contributed by atoms with Crippen LogP contribution in [-0.2, 0) is 9.47 Å². The Labute approximate surface area is 54.1 Å². The fourth-order valence-electron chi connectivity index (χ4n) is 0.180. The summed E-state index contributed by atoms with van der Waals surface area (Å²) in [4.78, 5) is 0. The molecule has 54 valence electrons. The van der Waals surface area contributed by atoms with E-state index in [9.17, 15) is 0 Å². The highest BCUT2D eigenvalue weighted by molar-refractivity contribution is 4.75. The Morgan fingerprint density at radius 2 is 1.78 bits per heavy atom. The van der Waals surface area contributed by atoms with Gasteiger partial charge in [-0.15, -0.1) is 0 Å². The van der Waals surface area contributed by atoms with Crippen LogP contribution < -0.4 is 11.5 Å². The molecule has 1 atom stereocenters. The second-order valence-corrected chi connectivity index (χ2v) is 2.39. The first-order valence-corrected chi connectivity index (χ1v) is 2.93. The van der Waals surface area contributed by atoms with Crippen LogP contribution in [0.2, 0.25) is 0 Å². The van der Waals surface area contributed by atoms with Gasteiger partial charge in [-0.1, -0.05) is 0 Å². The van der Waals surface area contributed by atoms with Crippen LogP contribution in [0.25, 0.3) is 0 Å². The number of rotatable bonds is 0. The molecule has 4 heteroatoms. The highest BCUT2D eigenvalue weighted by Crippen LogP contribution is 2.08. The van der Waals surface area contributed by atoms with Gasteiger partial charge in [0.15, 0.2) is 5.85 Å². The maximum atomic E-state index is 5.02. The molecule has 0 aromatic carbocycles. The number of ether oxygens (including phenoxy) is 2. The summed E-state index contributed by atoms with van der Waals surface area (Å²) in [7, 11) is 0. The molecule has 2 rings (SSSR count). The van der Waals surface area contributed by atoms with Gasteiger partial charge in [0.25, 0.3) is 0 Å². The molecule has 0 aromatic heterocycles. The van der Waals surface area contributed by atoms with Gasteiger partial charge in [0.05, 0.1) is 12.7 Å². The molecule has 0 aliphatic carbocycles. The molecule has 0 saturated carbocycles. The van der Waals surface area contributed by atoms with Crippen LogP contribution in [-0.4, -0.2) is 25.2 Å². The first-order chi connectivity index (χ1) is 4.10. The van der Waals surface area contributed by atoms with E-state index in [2.05, 4.69) is 11.7 Å². The topological polar surface area (TPSA) is 77.1 Å². The van der Waals surface area contributed by atoms with Crippen molar-refractivity contribution in [2.75, 3.05) is 13.2 Å². The van der Waals surface area contributed by atoms with E-state index in [-0.39, 0.29) is 0 Å². The molecule has 2 aliphatic rings. The predicted molar refractivity (Wildman–Crippen MR) is 32.5 cm³/mol. The summed E-state index contributed by atoms with van der Waals surface area (Å²) in [5.74, 6) is -0.750. The fraction of sp³-hybridized carbons (Fsp3) is 1.00. The highest BCUT2D eigenvalue weighted by Gasteiger charge is 2.34. The van der Waals surface area contributed by atoms with Crippen LogP contribution >= 0.6 is 0 Å². The Hall–Kier alpha value is -0.160. The van der Waals surface area contributed by atoms with Gasteiger partial charge < -0.3 is 9.47 Å². The third-order valence-electron chi connectivity index (χ3n) is 0.978. The van der Waals surface area contributed by atoms with Crippen LogP contribution in [0.1, 0.15) is 6.92 Å². The van der Waals surface area contributed by atoms with Gasteiger partial charge in [-0.25, -0.2) is 0 Å². The molecule has 2 heterocycles. The Balaban J connectivity index is 0.0000000922. The lowest BCUT2D eigenvalue weighted by atomic mass is 10.6. The van der Waals surface area contributed by atoms with E-state index in [1.54, 1.807) is 0 Å². The molecule has 4 N–H and O–H groups in total. The summed E-state index contributed by atoms with van der Waals surface area (Å²) in [6.07, 6.45) is 0.583. The first-order valence-electron chi connectivity index (χ1n) is 2.93.